The zero-order valence-electron chi connectivity index (χ0n) is 9.43. The Morgan fingerprint density at radius 3 is 2.82 bits per heavy atom. The van der Waals surface area contributed by atoms with Gasteiger partial charge in [0.2, 0.25) is 0 Å². The van der Waals surface area contributed by atoms with E-state index in [2.05, 4.69) is 10.1 Å². The van der Waals surface area contributed by atoms with Crippen LogP contribution < -0.4 is 10.5 Å². The number of hydrogen-bond donors (Lipinski definition) is 1. The number of benzene rings is 1. The largest absolute Gasteiger partial charge is 0.484 e. The lowest BCUT2D eigenvalue weighted by Crippen LogP contribution is -2.05. The van der Waals surface area contributed by atoms with Crippen molar-refractivity contribution in [2.24, 2.45) is 12.8 Å². The van der Waals surface area contributed by atoms with Gasteiger partial charge in [-0.2, -0.15) is 5.10 Å². The molecule has 1 aromatic heterocycles. The van der Waals surface area contributed by atoms with Crippen LogP contribution in [0, 0.1) is 0 Å². The molecule has 0 unspecified atom stereocenters. The normalized spacial score (nSPS) is 10.5. The van der Waals surface area contributed by atoms with Crippen molar-refractivity contribution in [2.75, 3.05) is 0 Å². The zero-order valence-corrected chi connectivity index (χ0v) is 10.2. The van der Waals surface area contributed by atoms with E-state index in [1.165, 1.54) is 0 Å². The van der Waals surface area contributed by atoms with Gasteiger partial charge in [-0.05, 0) is 12.1 Å². The maximum Gasteiger partial charge on any atom is 0.188 e. The Labute approximate surface area is 104 Å². The third-order valence-corrected chi connectivity index (χ3v) is 2.59. The van der Waals surface area contributed by atoms with Gasteiger partial charge in [-0.15, -0.1) is 0 Å². The molecule has 0 fully saturated rings. The quantitative estimate of drug-likeness (QED) is 0.896. The lowest BCUT2D eigenvalue weighted by Gasteiger charge is -2.04. The molecule has 5 nitrogen and oxygen atoms in total. The lowest BCUT2D eigenvalue weighted by atomic mass is 10.3. The molecule has 90 valence electrons. The van der Waals surface area contributed by atoms with E-state index in [0.717, 1.165) is 5.82 Å². The lowest BCUT2D eigenvalue weighted by molar-refractivity contribution is 0.295. The summed E-state index contributed by atoms with van der Waals surface area (Å²) in [5.74, 6) is 1.94. The first-order valence-corrected chi connectivity index (χ1v) is 5.54. The molecule has 0 spiro atoms. The second kappa shape index (κ2) is 5.16. The van der Waals surface area contributed by atoms with Gasteiger partial charge in [0.1, 0.15) is 18.2 Å². The van der Waals surface area contributed by atoms with E-state index in [0.29, 0.717) is 23.1 Å². The highest BCUT2D eigenvalue weighted by Crippen LogP contribution is 2.23. The summed E-state index contributed by atoms with van der Waals surface area (Å²) < 4.78 is 7.17. The van der Waals surface area contributed by atoms with Gasteiger partial charge < -0.3 is 10.5 Å². The Kier molecular flexibility index (Phi) is 3.61. The average molecular weight is 253 g/mol. The second-order valence-corrected chi connectivity index (χ2v) is 3.90. The zero-order chi connectivity index (χ0) is 12.3. The van der Waals surface area contributed by atoms with Crippen LogP contribution in [0.2, 0.25) is 5.02 Å². The van der Waals surface area contributed by atoms with Crippen LogP contribution in [0.25, 0.3) is 0 Å². The van der Waals surface area contributed by atoms with Gasteiger partial charge in [0, 0.05) is 7.05 Å². The van der Waals surface area contributed by atoms with Crippen LogP contribution in [0.5, 0.6) is 5.75 Å². The van der Waals surface area contributed by atoms with Crippen LogP contribution in [0.15, 0.2) is 24.3 Å². The van der Waals surface area contributed by atoms with Crippen LogP contribution in [0.3, 0.4) is 0 Å². The van der Waals surface area contributed by atoms with E-state index in [1.807, 2.05) is 12.1 Å². The molecule has 6 heteroatoms. The molecule has 0 bridgehead atoms. The molecule has 2 aromatic rings. The molecule has 0 atom stereocenters. The minimum Gasteiger partial charge on any atom is -0.484 e. The molecule has 2 N–H and O–H groups in total. The number of ether oxygens (including phenoxy) is 1. The van der Waals surface area contributed by atoms with Crippen LogP contribution in [-0.2, 0) is 20.2 Å². The number of aromatic nitrogens is 3. The van der Waals surface area contributed by atoms with Crippen molar-refractivity contribution in [3.05, 3.63) is 40.9 Å². The van der Waals surface area contributed by atoms with E-state index >= 15 is 0 Å². The summed E-state index contributed by atoms with van der Waals surface area (Å²) in [6.45, 7) is 0.632. The third-order valence-electron chi connectivity index (χ3n) is 2.27. The van der Waals surface area contributed by atoms with Crippen LogP contribution in [0.4, 0.5) is 0 Å². The minimum atomic E-state index is 0.275. The van der Waals surface area contributed by atoms with Crippen molar-refractivity contribution < 1.29 is 4.74 Å². The van der Waals surface area contributed by atoms with Gasteiger partial charge in [0.05, 0.1) is 11.6 Å². The predicted molar refractivity (Wildman–Crippen MR) is 64.7 cm³/mol. The Morgan fingerprint density at radius 1 is 1.41 bits per heavy atom. The van der Waals surface area contributed by atoms with E-state index in [1.54, 1.807) is 23.9 Å². The highest BCUT2D eigenvalue weighted by atomic mass is 35.5. The minimum absolute atomic E-state index is 0.275. The molecule has 1 aromatic carbocycles. The first-order chi connectivity index (χ1) is 8.20. The van der Waals surface area contributed by atoms with Crippen molar-refractivity contribution >= 4 is 11.6 Å². The number of rotatable bonds is 4. The van der Waals surface area contributed by atoms with Gasteiger partial charge in [-0.25, -0.2) is 4.98 Å². The van der Waals surface area contributed by atoms with E-state index in [9.17, 15) is 0 Å². The fourth-order valence-electron chi connectivity index (χ4n) is 1.42. The first-order valence-electron chi connectivity index (χ1n) is 5.17. The molecule has 0 aliphatic carbocycles. The second-order valence-electron chi connectivity index (χ2n) is 3.49. The number of halogens is 1. The molecule has 0 aliphatic rings. The van der Waals surface area contributed by atoms with Gasteiger partial charge >= 0.3 is 0 Å². The number of nitrogens with zero attached hydrogens (tertiary/aromatic N) is 3. The Morgan fingerprint density at radius 2 is 2.18 bits per heavy atom. The predicted octanol–water partition coefficient (Wildman–Crippen LogP) is 1.51. The maximum atomic E-state index is 5.96. The van der Waals surface area contributed by atoms with Gasteiger partial charge in [0.25, 0.3) is 0 Å². The van der Waals surface area contributed by atoms with Crippen molar-refractivity contribution in [2.45, 2.75) is 13.2 Å². The Hall–Kier alpha value is -1.59. The fraction of sp³-hybridized carbons (Fsp3) is 0.273. The standard InChI is InChI=1S/C11H13ClN4O/c1-16-11(6-13)14-10(15-16)7-17-9-5-3-2-4-8(9)12/h2-5H,6-7,13H2,1H3. The summed E-state index contributed by atoms with van der Waals surface area (Å²) in [5, 5.41) is 4.76. The van der Waals surface area contributed by atoms with Crippen LogP contribution >= 0.6 is 11.6 Å². The van der Waals surface area contributed by atoms with E-state index in [4.69, 9.17) is 22.1 Å². The number of aryl methyl sites for hydroxylation is 1. The summed E-state index contributed by atoms with van der Waals surface area (Å²) in [7, 11) is 1.80. The third kappa shape index (κ3) is 2.75. The van der Waals surface area contributed by atoms with Gasteiger partial charge in [-0.1, -0.05) is 23.7 Å². The molecule has 0 saturated heterocycles. The molecule has 17 heavy (non-hydrogen) atoms. The molecule has 0 radical (unpaired) electrons. The summed E-state index contributed by atoms with van der Waals surface area (Å²) >= 11 is 5.96. The molecule has 0 aliphatic heterocycles. The van der Waals surface area contributed by atoms with Crippen molar-refractivity contribution in [3.8, 4) is 5.75 Å². The van der Waals surface area contributed by atoms with Crippen LogP contribution in [0.1, 0.15) is 11.6 Å². The number of hydrogen-bond acceptors (Lipinski definition) is 4. The smallest absolute Gasteiger partial charge is 0.188 e. The number of nitrogens with two attached hydrogens (primary N) is 1. The van der Waals surface area contributed by atoms with Crippen molar-refractivity contribution in [1.29, 1.82) is 0 Å². The number of para-hydroxylation sites is 1. The summed E-state index contributed by atoms with van der Waals surface area (Å²) in [5.41, 5.74) is 5.51. The Balaban J connectivity index is 2.05. The molecule has 1 heterocycles. The summed E-state index contributed by atoms with van der Waals surface area (Å²) in [6.07, 6.45) is 0. The van der Waals surface area contributed by atoms with Crippen LogP contribution in [-0.4, -0.2) is 14.8 Å². The molecule has 0 saturated carbocycles. The molecular weight excluding hydrogens is 240 g/mol. The van der Waals surface area contributed by atoms with Gasteiger partial charge in [0.15, 0.2) is 5.82 Å². The fourth-order valence-corrected chi connectivity index (χ4v) is 1.61. The van der Waals surface area contributed by atoms with Crippen molar-refractivity contribution in [1.82, 2.24) is 14.8 Å². The molecular formula is C11H13ClN4O. The molecule has 2 rings (SSSR count). The average Bonchev–Trinajstić information content (AvgIpc) is 2.69. The monoisotopic (exact) mass is 252 g/mol. The first kappa shape index (κ1) is 11.9. The highest BCUT2D eigenvalue weighted by Gasteiger charge is 2.07. The topological polar surface area (TPSA) is 66.0 Å². The summed E-state index contributed by atoms with van der Waals surface area (Å²) in [4.78, 5) is 4.23. The van der Waals surface area contributed by atoms with E-state index < -0.39 is 0 Å². The van der Waals surface area contributed by atoms with E-state index in [-0.39, 0.29) is 6.61 Å². The maximum absolute atomic E-state index is 5.96. The highest BCUT2D eigenvalue weighted by molar-refractivity contribution is 6.32. The SMILES string of the molecule is Cn1nc(COc2ccccc2Cl)nc1CN. The molecule has 0 amide bonds. The summed E-state index contributed by atoms with van der Waals surface area (Å²) in [6, 6.07) is 7.28. The van der Waals surface area contributed by atoms with Crippen molar-refractivity contribution in [3.63, 3.8) is 0 Å². The Bertz CT molecular complexity index is 512. The van der Waals surface area contributed by atoms with Gasteiger partial charge in [-0.3, -0.25) is 4.68 Å².